The Hall–Kier alpha value is -13.6. The van der Waals surface area contributed by atoms with Gasteiger partial charge >= 0.3 is 29.8 Å². The zero-order valence-electron chi connectivity index (χ0n) is 89.3. The second-order valence-electron chi connectivity index (χ2n) is 41.1. The number of carboxylic acids is 5. The van der Waals surface area contributed by atoms with Crippen LogP contribution in [0.4, 0.5) is 0 Å². The third-order valence-electron chi connectivity index (χ3n) is 29.3. The van der Waals surface area contributed by atoms with Gasteiger partial charge < -0.3 is 58.7 Å². The SMILES string of the molecule is C1=CC2C(C=C1)C1c3ccccc3C2C2c3ccccc3C1C1C=CC=CC12.CC(=O)CC(=O)NCC(C)CN.CC(=O)CC(=O)NCC(C)CN.CC(CN)CNC(=O)CC(=O)O.CCC(C)CCC(=O)CC(=O)O.CCC(C)CCC(=O)CC(=O)O.CCC(C)CCC(=O)CC(C)=O.O=C(O)C1C(c2ccccc2)C(C(=O)O)C1c1ccccc1.c1ccc(C2C(c3ccccc3)C(c3ccccc3)C2c2ccccc2)cc1. The molecule has 3 saturated carbocycles. The molecular weight excluding hydrogens is 1890 g/mol. The summed E-state index contributed by atoms with van der Waals surface area (Å²) >= 11 is 0. The first kappa shape index (κ1) is 123. The van der Waals surface area contributed by atoms with Gasteiger partial charge in [-0.05, 0) is 222 Å². The summed E-state index contributed by atoms with van der Waals surface area (Å²) in [6, 6.07) is 81.2. The highest BCUT2D eigenvalue weighted by molar-refractivity contribution is 5.99. The first-order valence-corrected chi connectivity index (χ1v) is 53.0. The van der Waals surface area contributed by atoms with E-state index in [1.54, 1.807) is 46.5 Å². The second-order valence-corrected chi connectivity index (χ2v) is 41.1. The van der Waals surface area contributed by atoms with Crippen LogP contribution in [0.15, 0.2) is 279 Å². The molecule has 14 unspecified atom stereocenters. The highest BCUT2D eigenvalue weighted by atomic mass is 16.4. The number of allylic oxidation sites excluding steroid dienone is 8. The lowest BCUT2D eigenvalue weighted by molar-refractivity contribution is -0.160. The topological polar surface area (TPSA) is 454 Å². The minimum atomic E-state index is -1.12. The molecule has 0 heterocycles. The van der Waals surface area contributed by atoms with Crippen LogP contribution in [0.25, 0.3) is 0 Å². The molecular formula is C125H160N6O19. The maximum absolute atomic E-state index is 11.7. The number of ketones is 6. The van der Waals surface area contributed by atoms with Crippen molar-refractivity contribution in [1.29, 1.82) is 0 Å². The molecule has 10 aliphatic carbocycles. The molecule has 14 N–H and O–H groups in total. The predicted octanol–water partition coefficient (Wildman–Crippen LogP) is 21.2. The van der Waals surface area contributed by atoms with Gasteiger partial charge in [-0.15, -0.1) is 0 Å². The molecule has 3 amide bonds. The van der Waals surface area contributed by atoms with Crippen molar-refractivity contribution in [2.75, 3.05) is 39.3 Å². The van der Waals surface area contributed by atoms with Crippen molar-refractivity contribution in [3.05, 3.63) is 335 Å². The Balaban J connectivity index is 0.000000235. The lowest BCUT2D eigenvalue weighted by atomic mass is 9.44. The summed E-state index contributed by atoms with van der Waals surface area (Å²) in [4.78, 5) is 151. The van der Waals surface area contributed by atoms with E-state index in [1.807, 2.05) is 57.2 Å². The van der Waals surface area contributed by atoms with Gasteiger partial charge in [0.2, 0.25) is 17.7 Å². The number of Topliss-reactive ketones (excluding diaryl/α,β-unsaturated/α-hetero) is 6. The van der Waals surface area contributed by atoms with Gasteiger partial charge in [0.15, 0.2) is 0 Å². The van der Waals surface area contributed by atoms with Gasteiger partial charge in [-0.25, -0.2) is 0 Å². The van der Waals surface area contributed by atoms with E-state index in [9.17, 15) is 77.3 Å². The van der Waals surface area contributed by atoms with Crippen molar-refractivity contribution in [1.82, 2.24) is 16.0 Å². The minimum absolute atomic E-state index is 0.0239. The summed E-state index contributed by atoms with van der Waals surface area (Å²) in [5, 5.41) is 51.7. The maximum Gasteiger partial charge on any atom is 0.312 e. The van der Waals surface area contributed by atoms with Gasteiger partial charge in [-0.1, -0.05) is 361 Å². The molecule has 0 spiro atoms. The molecule has 10 aliphatic rings. The van der Waals surface area contributed by atoms with Crippen molar-refractivity contribution < 1.29 is 92.7 Å². The van der Waals surface area contributed by atoms with E-state index in [4.69, 9.17) is 32.5 Å². The molecule has 0 aromatic heterocycles. The fraction of sp³-hybridized carbons (Fsp3) is 0.440. The van der Waals surface area contributed by atoms with Crippen molar-refractivity contribution in [3.8, 4) is 0 Å². The fourth-order valence-corrected chi connectivity index (χ4v) is 20.8. The summed E-state index contributed by atoms with van der Waals surface area (Å²) < 4.78 is 0. The number of nitrogens with one attached hydrogen (secondary N) is 3. The lowest BCUT2D eigenvalue weighted by Crippen LogP contribution is -2.50. The van der Waals surface area contributed by atoms with Gasteiger partial charge in [-0.3, -0.25) is 67.1 Å². The van der Waals surface area contributed by atoms with Gasteiger partial charge in [0.25, 0.3) is 0 Å². The molecule has 8 aromatic rings. The number of nitrogens with two attached hydrogens (primary N) is 3. The van der Waals surface area contributed by atoms with Gasteiger partial charge in [0, 0.05) is 50.7 Å². The molecule has 4 bridgehead atoms. The summed E-state index contributed by atoms with van der Waals surface area (Å²) in [5.74, 6) is 0.0848. The molecule has 3 fully saturated rings. The number of hydrogen-bond acceptors (Lipinski definition) is 17. The predicted molar refractivity (Wildman–Crippen MR) is 589 cm³/mol. The molecule has 0 aliphatic heterocycles. The highest BCUT2D eigenvalue weighted by Crippen LogP contribution is 2.70. The summed E-state index contributed by atoms with van der Waals surface area (Å²) in [5.41, 5.74) is 29.8. The summed E-state index contributed by atoms with van der Waals surface area (Å²) in [7, 11) is 0. The smallest absolute Gasteiger partial charge is 0.312 e. The monoisotopic (exact) mass is 2050 g/mol. The van der Waals surface area contributed by atoms with Crippen molar-refractivity contribution in [2.45, 2.75) is 239 Å². The van der Waals surface area contributed by atoms with E-state index in [0.29, 0.717) is 147 Å². The Labute approximate surface area is 886 Å². The maximum atomic E-state index is 11.7. The number of carbonyl (C=O) groups excluding carboxylic acids is 9. The van der Waals surface area contributed by atoms with Crippen LogP contribution in [-0.4, -0.2) is 147 Å². The zero-order valence-corrected chi connectivity index (χ0v) is 89.3. The van der Waals surface area contributed by atoms with Crippen LogP contribution < -0.4 is 33.2 Å². The zero-order chi connectivity index (χ0) is 110. The Kier molecular flexibility index (Phi) is 53.2. The molecule has 8 aromatic carbocycles. The third kappa shape index (κ3) is 38.8. The van der Waals surface area contributed by atoms with Crippen LogP contribution >= 0.6 is 0 Å². The standard InChI is InChI=1S/2C28H24.C18H16O4.C10H18O2.2C9H16O3.2C8H16N2O2.C7H14N2O3/c1-2-10-18-17(9-1)25-19-11-3-4-12-20(19)26(18)28-23-15-7-5-13-21(23)27(25)22-14-6-8-16-24(22)28;1-5-13-21(14-6-1)25-26(22-15-7-2-8-16-22)28(24-19-11-4-12-20-24)27(25)23-17-9-3-10-18-23;19-17(20)15-13(11-7-3-1-4-8-11)16(18(21)22)14(15)12-9-5-2-6-10-12;1-4-8(2)5-6-10(12)7-9(3)11;2*1-3-7(2)4-5-8(10)6-9(11)12;2*1-6(4-9)5-10-8(12)3-7(2)11;1-5(3-8)4-9-6(10)2-7(11)12/h1-18,21,23,25-28H;1-20,25-28H;1-10,13-16H,(H,19,20)(H,21,22);8H,4-7H2,1-3H3;2*7H,3-6H2,1-2H3,(H,11,12);2*6H,3-5,9H2,1-2H3,(H,10,12);5H,2-4,8H2,1H3,(H,9,10)(H,11,12). The Morgan fingerprint density at radius 3 is 0.653 bits per heavy atom. The van der Waals surface area contributed by atoms with Crippen molar-refractivity contribution >= 4 is 82.3 Å². The Morgan fingerprint density at radius 2 is 0.460 bits per heavy atom. The fourth-order valence-electron chi connectivity index (χ4n) is 20.8. The highest BCUT2D eigenvalue weighted by Gasteiger charge is 2.60. The Morgan fingerprint density at radius 1 is 0.260 bits per heavy atom. The lowest BCUT2D eigenvalue weighted by Gasteiger charge is -2.59. The van der Waals surface area contributed by atoms with Crippen LogP contribution in [0.5, 0.6) is 0 Å². The number of aliphatic carboxylic acids is 5. The van der Waals surface area contributed by atoms with E-state index in [0.717, 1.165) is 49.7 Å². The molecule has 14 atom stereocenters. The van der Waals surface area contributed by atoms with Crippen LogP contribution in [-0.2, 0) is 67.1 Å². The van der Waals surface area contributed by atoms with E-state index in [2.05, 4.69) is 276 Å². The average Bonchev–Trinajstić information content (AvgIpc) is 0.688. The molecule has 804 valence electrons. The van der Waals surface area contributed by atoms with Crippen molar-refractivity contribution in [3.63, 3.8) is 0 Å². The number of carboxylic acid groups (broad SMARTS) is 5. The average molecular weight is 2050 g/mol. The molecule has 25 nitrogen and oxygen atoms in total. The Bertz CT molecular complexity index is 5040. The number of rotatable bonds is 41. The molecule has 25 heteroatoms. The normalized spacial score (nSPS) is 21.8. The van der Waals surface area contributed by atoms with Gasteiger partial charge in [0.1, 0.15) is 54.0 Å². The van der Waals surface area contributed by atoms with E-state index >= 15 is 0 Å². The quantitative estimate of drug-likeness (QED) is 0.0159. The van der Waals surface area contributed by atoms with Crippen LogP contribution in [0.3, 0.4) is 0 Å². The molecule has 0 radical (unpaired) electrons. The first-order chi connectivity index (χ1) is 71.8. The second kappa shape index (κ2) is 64.7. The third-order valence-corrected chi connectivity index (χ3v) is 29.3. The van der Waals surface area contributed by atoms with Crippen LogP contribution in [0.1, 0.15) is 294 Å². The number of amides is 3. The van der Waals surface area contributed by atoms with Crippen molar-refractivity contribution in [2.24, 2.45) is 88.2 Å². The molecule has 150 heavy (non-hydrogen) atoms. The minimum Gasteiger partial charge on any atom is -0.481 e. The summed E-state index contributed by atoms with van der Waals surface area (Å²) in [6.07, 6.45) is 25.3. The van der Waals surface area contributed by atoms with E-state index in [-0.39, 0.29) is 96.4 Å². The first-order valence-electron chi connectivity index (χ1n) is 53.0. The summed E-state index contributed by atoms with van der Waals surface area (Å²) in [6.45, 7) is 25.6. The number of hydrogen-bond donors (Lipinski definition) is 11. The van der Waals surface area contributed by atoms with E-state index < -0.39 is 65.8 Å². The van der Waals surface area contributed by atoms with Gasteiger partial charge in [0.05, 0.1) is 31.1 Å². The number of carbonyl (C=O) groups is 14. The van der Waals surface area contributed by atoms with E-state index in [1.165, 1.54) is 43.0 Å². The molecule has 18 rings (SSSR count). The van der Waals surface area contributed by atoms with Gasteiger partial charge in [-0.2, -0.15) is 0 Å². The number of benzene rings is 8. The van der Waals surface area contributed by atoms with Crippen LogP contribution in [0.2, 0.25) is 0 Å². The molecule has 0 saturated heterocycles. The van der Waals surface area contributed by atoms with Crippen LogP contribution in [0, 0.1) is 71.0 Å². The largest absolute Gasteiger partial charge is 0.481 e.